The molecule has 1 aliphatic rings. The highest BCUT2D eigenvalue weighted by Gasteiger charge is 2.22. The maximum absolute atomic E-state index is 12.7. The molecule has 5 aromatic rings. The molecule has 5 heterocycles. The normalized spacial score (nSPS) is 13.6. The van der Waals surface area contributed by atoms with Gasteiger partial charge in [0.2, 0.25) is 5.91 Å². The van der Waals surface area contributed by atoms with Crippen LogP contribution in [0.5, 0.6) is 0 Å². The van der Waals surface area contributed by atoms with Gasteiger partial charge in [-0.2, -0.15) is 10.4 Å². The van der Waals surface area contributed by atoms with Crippen LogP contribution in [0.1, 0.15) is 17.0 Å². The minimum Gasteiger partial charge on any atom is -0.441 e. The van der Waals surface area contributed by atoms with Gasteiger partial charge >= 0.3 is 0 Å². The summed E-state index contributed by atoms with van der Waals surface area (Å²) < 4.78 is 7.43. The van der Waals surface area contributed by atoms with Crippen molar-refractivity contribution in [1.29, 1.82) is 5.26 Å². The third-order valence-corrected chi connectivity index (χ3v) is 6.85. The van der Waals surface area contributed by atoms with Gasteiger partial charge in [0.1, 0.15) is 11.9 Å². The predicted molar refractivity (Wildman–Crippen MR) is 142 cm³/mol. The van der Waals surface area contributed by atoms with Gasteiger partial charge in [0.05, 0.1) is 29.9 Å². The Morgan fingerprint density at radius 3 is 2.50 bits per heavy atom. The summed E-state index contributed by atoms with van der Waals surface area (Å²) in [5.41, 5.74) is 4.74. The molecule has 6 rings (SSSR count). The molecule has 38 heavy (non-hydrogen) atoms. The zero-order valence-electron chi connectivity index (χ0n) is 20.9. The second-order valence-corrected chi connectivity index (χ2v) is 9.28. The quantitative estimate of drug-likeness (QED) is 0.355. The predicted octanol–water partition coefficient (Wildman–Crippen LogP) is 4.12. The molecule has 0 bridgehead atoms. The number of fused-ring (bicyclic) bond motifs is 1. The Bertz CT molecular complexity index is 1640. The number of pyridine rings is 2. The first-order valence-electron chi connectivity index (χ1n) is 12.5. The Balaban J connectivity index is 1.22. The standard InChI is InChI=1S/C29H25N7O2/c1-20-31-18-26(38-20)23-14-25(29-24(15-30)17-33-36(29)19-23)22-7-8-27(32-16-22)34-9-11-35(12-10-34)28(37)13-21-5-3-2-4-6-21/h2-8,14,16-19H,9-13H2,1H3. The Morgan fingerprint density at radius 1 is 1.00 bits per heavy atom. The van der Waals surface area contributed by atoms with E-state index >= 15 is 0 Å². The maximum Gasteiger partial charge on any atom is 0.227 e. The van der Waals surface area contributed by atoms with Gasteiger partial charge in [-0.1, -0.05) is 30.3 Å². The molecule has 9 heteroatoms. The molecule has 0 aliphatic carbocycles. The summed E-state index contributed by atoms with van der Waals surface area (Å²) >= 11 is 0. The van der Waals surface area contributed by atoms with Crippen LogP contribution >= 0.6 is 0 Å². The van der Waals surface area contributed by atoms with E-state index < -0.39 is 0 Å². The summed E-state index contributed by atoms with van der Waals surface area (Å²) in [4.78, 5) is 25.8. The second-order valence-electron chi connectivity index (χ2n) is 9.28. The number of aryl methyl sites for hydroxylation is 1. The van der Waals surface area contributed by atoms with Crippen molar-refractivity contribution in [3.8, 4) is 28.5 Å². The number of carbonyl (C=O) groups excluding carboxylic acids is 1. The van der Waals surface area contributed by atoms with Crippen LogP contribution in [0.4, 0.5) is 5.82 Å². The van der Waals surface area contributed by atoms with E-state index in [0.717, 1.165) is 41.2 Å². The van der Waals surface area contributed by atoms with Crippen molar-refractivity contribution < 1.29 is 9.21 Å². The van der Waals surface area contributed by atoms with Crippen molar-refractivity contribution >= 4 is 17.2 Å². The lowest BCUT2D eigenvalue weighted by Crippen LogP contribution is -2.49. The molecule has 1 amide bonds. The van der Waals surface area contributed by atoms with Crippen molar-refractivity contribution in [2.45, 2.75) is 13.3 Å². The van der Waals surface area contributed by atoms with Crippen molar-refractivity contribution in [2.24, 2.45) is 0 Å². The summed E-state index contributed by atoms with van der Waals surface area (Å²) in [6, 6.07) is 18.1. The van der Waals surface area contributed by atoms with Crippen LogP contribution < -0.4 is 4.90 Å². The molecular formula is C29H25N7O2. The van der Waals surface area contributed by atoms with Gasteiger partial charge in [0, 0.05) is 62.2 Å². The Labute approximate surface area is 219 Å². The fourth-order valence-electron chi connectivity index (χ4n) is 4.85. The van der Waals surface area contributed by atoms with Crippen LogP contribution in [0.15, 0.2) is 77.7 Å². The smallest absolute Gasteiger partial charge is 0.227 e. The average Bonchev–Trinajstić information content (AvgIpc) is 3.59. The first kappa shape index (κ1) is 23.4. The molecule has 4 aromatic heterocycles. The van der Waals surface area contributed by atoms with Crippen LogP contribution in [-0.2, 0) is 11.2 Å². The number of piperazine rings is 1. The van der Waals surface area contributed by atoms with Gasteiger partial charge in [0.15, 0.2) is 11.7 Å². The van der Waals surface area contributed by atoms with Crippen LogP contribution in [0.25, 0.3) is 28.0 Å². The number of carbonyl (C=O) groups is 1. The largest absolute Gasteiger partial charge is 0.441 e. The third kappa shape index (κ3) is 4.48. The topological polar surface area (TPSA) is 104 Å². The lowest BCUT2D eigenvalue weighted by molar-refractivity contribution is -0.130. The molecule has 9 nitrogen and oxygen atoms in total. The molecule has 0 radical (unpaired) electrons. The van der Waals surface area contributed by atoms with Gasteiger partial charge in [-0.25, -0.2) is 14.5 Å². The fourth-order valence-corrected chi connectivity index (χ4v) is 4.85. The minimum atomic E-state index is 0.152. The summed E-state index contributed by atoms with van der Waals surface area (Å²) in [6.07, 6.45) is 7.32. The van der Waals surface area contributed by atoms with E-state index in [2.05, 4.69) is 21.1 Å². The van der Waals surface area contributed by atoms with Crippen molar-refractivity contribution in [3.05, 3.63) is 90.3 Å². The summed E-state index contributed by atoms with van der Waals surface area (Å²) in [7, 11) is 0. The number of rotatable bonds is 5. The van der Waals surface area contributed by atoms with Gasteiger partial charge in [-0.3, -0.25) is 4.79 Å². The van der Waals surface area contributed by atoms with E-state index in [0.29, 0.717) is 42.2 Å². The molecule has 0 spiro atoms. The van der Waals surface area contributed by atoms with Crippen molar-refractivity contribution in [2.75, 3.05) is 31.1 Å². The van der Waals surface area contributed by atoms with Gasteiger partial charge in [0.25, 0.3) is 0 Å². The molecule has 0 saturated carbocycles. The van der Waals surface area contributed by atoms with Gasteiger partial charge in [-0.05, 0) is 23.8 Å². The van der Waals surface area contributed by atoms with Crippen LogP contribution in [0.2, 0.25) is 0 Å². The van der Waals surface area contributed by atoms with Gasteiger partial charge < -0.3 is 14.2 Å². The lowest BCUT2D eigenvalue weighted by atomic mass is 10.0. The second kappa shape index (κ2) is 9.82. The average molecular weight is 504 g/mol. The van der Waals surface area contributed by atoms with E-state index in [-0.39, 0.29) is 5.91 Å². The number of aromatic nitrogens is 4. The number of benzene rings is 1. The van der Waals surface area contributed by atoms with Gasteiger partial charge in [-0.15, -0.1) is 0 Å². The van der Waals surface area contributed by atoms with Crippen molar-refractivity contribution in [1.82, 2.24) is 24.5 Å². The number of oxazole rings is 1. The first-order valence-corrected chi connectivity index (χ1v) is 12.5. The summed E-state index contributed by atoms with van der Waals surface area (Å²) in [6.45, 7) is 4.56. The number of nitriles is 1. The van der Waals surface area contributed by atoms with Crippen LogP contribution in [-0.4, -0.2) is 56.6 Å². The minimum absolute atomic E-state index is 0.152. The highest BCUT2D eigenvalue weighted by molar-refractivity contribution is 5.87. The fraction of sp³-hybridized carbons (Fsp3) is 0.207. The maximum atomic E-state index is 12.7. The first-order chi connectivity index (χ1) is 18.6. The van der Waals surface area contributed by atoms with Crippen molar-refractivity contribution in [3.63, 3.8) is 0 Å². The molecule has 1 aromatic carbocycles. The number of amides is 1. The third-order valence-electron chi connectivity index (χ3n) is 6.85. The Hall–Kier alpha value is -4.97. The molecule has 0 atom stereocenters. The van der Waals surface area contributed by atoms with Crippen LogP contribution in [0.3, 0.4) is 0 Å². The van der Waals surface area contributed by atoms with Crippen LogP contribution in [0, 0.1) is 18.3 Å². The molecule has 0 N–H and O–H groups in total. The van der Waals surface area contributed by atoms with E-state index in [1.165, 1.54) is 0 Å². The number of hydrogen-bond acceptors (Lipinski definition) is 7. The monoisotopic (exact) mass is 503 g/mol. The number of anilines is 1. The van der Waals surface area contributed by atoms with E-state index in [9.17, 15) is 10.1 Å². The van der Waals surface area contributed by atoms with E-state index in [4.69, 9.17) is 9.40 Å². The highest BCUT2D eigenvalue weighted by atomic mass is 16.4. The SMILES string of the molecule is Cc1ncc(-c2cc(-c3ccc(N4CCN(C(=O)Cc5ccccc5)CC4)nc3)c3c(C#N)cnn3c2)o1. The van der Waals surface area contributed by atoms with E-state index in [1.54, 1.807) is 23.8 Å². The number of nitrogens with zero attached hydrogens (tertiary/aromatic N) is 7. The zero-order chi connectivity index (χ0) is 26.1. The zero-order valence-corrected chi connectivity index (χ0v) is 20.9. The molecule has 188 valence electrons. The molecule has 0 unspecified atom stereocenters. The number of hydrogen-bond donors (Lipinski definition) is 0. The highest BCUT2D eigenvalue weighted by Crippen LogP contribution is 2.32. The Kier molecular flexibility index (Phi) is 6.06. The molecule has 1 fully saturated rings. The van der Waals surface area contributed by atoms with E-state index in [1.807, 2.05) is 65.8 Å². The lowest BCUT2D eigenvalue weighted by Gasteiger charge is -2.35. The molecular weight excluding hydrogens is 478 g/mol. The molecule has 1 aliphatic heterocycles. The summed E-state index contributed by atoms with van der Waals surface area (Å²) in [5.74, 6) is 2.21. The summed E-state index contributed by atoms with van der Waals surface area (Å²) in [5, 5.41) is 14.0. The molecule has 1 saturated heterocycles. The Morgan fingerprint density at radius 2 is 1.82 bits per heavy atom.